The fourth-order valence-corrected chi connectivity index (χ4v) is 5.55. The smallest absolute Gasteiger partial charge is 0.227 e. The summed E-state index contributed by atoms with van der Waals surface area (Å²) in [5, 5.41) is 7.46. The van der Waals surface area contributed by atoms with Crippen LogP contribution in [0.4, 0.5) is 5.69 Å². The Hall–Kier alpha value is -2.07. The van der Waals surface area contributed by atoms with E-state index in [1.54, 1.807) is 4.90 Å². The number of amides is 1. The number of nitrogens with one attached hydrogen (secondary N) is 1. The summed E-state index contributed by atoms with van der Waals surface area (Å²) in [4.78, 5) is 17.5. The van der Waals surface area contributed by atoms with Gasteiger partial charge in [0, 0.05) is 68.4 Å². The van der Waals surface area contributed by atoms with Crippen LogP contribution < -0.4 is 4.90 Å². The van der Waals surface area contributed by atoms with Gasteiger partial charge in [0.2, 0.25) is 5.91 Å². The van der Waals surface area contributed by atoms with Gasteiger partial charge in [0.15, 0.2) is 11.1 Å². The van der Waals surface area contributed by atoms with Gasteiger partial charge in [-0.15, -0.1) is 0 Å². The second-order valence-corrected chi connectivity index (χ2v) is 11.3. The summed E-state index contributed by atoms with van der Waals surface area (Å²) in [6.07, 6.45) is 3.23. The predicted molar refractivity (Wildman–Crippen MR) is 120 cm³/mol. The van der Waals surface area contributed by atoms with E-state index in [9.17, 15) is 13.6 Å². The van der Waals surface area contributed by atoms with Crippen molar-refractivity contribution in [3.05, 3.63) is 35.5 Å². The van der Waals surface area contributed by atoms with E-state index in [0.29, 0.717) is 6.42 Å². The number of fused-ring (bicyclic) bond motifs is 1. The van der Waals surface area contributed by atoms with E-state index < -0.39 is 16.0 Å². The number of carbonyl (C=O) groups excluding carboxylic acids is 1. The first-order valence-electron chi connectivity index (χ1n) is 10.7. The summed E-state index contributed by atoms with van der Waals surface area (Å²) in [7, 11) is 1.84. The topological polar surface area (TPSA) is 92.8 Å². The molecule has 0 bridgehead atoms. The van der Waals surface area contributed by atoms with Gasteiger partial charge in [0.1, 0.15) is 4.87 Å². The third-order valence-corrected chi connectivity index (χ3v) is 8.30. The van der Waals surface area contributed by atoms with Crippen molar-refractivity contribution in [1.82, 2.24) is 20.0 Å². The molecule has 1 unspecified atom stereocenters. The molecule has 2 N–H and O–H groups in total. The molecular weight excluding hydrogens is 414 g/mol. The van der Waals surface area contributed by atoms with Gasteiger partial charge in [-0.2, -0.15) is 5.10 Å². The second kappa shape index (κ2) is 7.23. The fraction of sp³-hybridized carbons (Fsp3) is 0.545. The van der Waals surface area contributed by atoms with Crippen molar-refractivity contribution >= 4 is 22.7 Å². The minimum atomic E-state index is -1.85. The number of benzene rings is 1. The molecule has 2 aromatic rings. The highest BCUT2D eigenvalue weighted by Gasteiger charge is 2.55. The molecule has 1 aromatic carbocycles. The number of anilines is 1. The Balaban J connectivity index is 1.24. The molecule has 31 heavy (non-hydrogen) atoms. The van der Waals surface area contributed by atoms with Crippen LogP contribution in [0.15, 0.2) is 24.4 Å². The van der Waals surface area contributed by atoms with Crippen LogP contribution in [0.3, 0.4) is 0 Å². The Morgan fingerprint density at radius 2 is 1.97 bits per heavy atom. The Bertz CT molecular complexity index is 1050. The first kappa shape index (κ1) is 20.8. The van der Waals surface area contributed by atoms with E-state index in [1.165, 1.54) is 11.1 Å². The maximum absolute atomic E-state index is 11.9. The van der Waals surface area contributed by atoms with Crippen LogP contribution in [0.1, 0.15) is 31.4 Å². The van der Waals surface area contributed by atoms with E-state index in [2.05, 4.69) is 32.1 Å². The second-order valence-electron chi connectivity index (χ2n) is 9.76. The van der Waals surface area contributed by atoms with Gasteiger partial charge >= 0.3 is 0 Å². The third-order valence-electron chi connectivity index (χ3n) is 7.18. The summed E-state index contributed by atoms with van der Waals surface area (Å²) >= 11 is -1.85. The molecule has 3 aliphatic rings. The Kier molecular flexibility index (Phi) is 4.85. The number of hydrogen-bond acceptors (Lipinski definition) is 5. The van der Waals surface area contributed by atoms with Crippen LogP contribution in [0.25, 0.3) is 11.3 Å². The van der Waals surface area contributed by atoms with Crippen LogP contribution >= 0.6 is 0 Å². The minimum absolute atomic E-state index is 0.164. The first-order chi connectivity index (χ1) is 14.7. The molecule has 1 amide bonds. The van der Waals surface area contributed by atoms with Crippen molar-refractivity contribution in [2.75, 3.05) is 38.1 Å². The highest BCUT2D eigenvalue weighted by molar-refractivity contribution is 7.80. The van der Waals surface area contributed by atoms with Crippen molar-refractivity contribution in [1.29, 1.82) is 0 Å². The molecule has 8 nitrogen and oxygen atoms in total. The lowest BCUT2D eigenvalue weighted by Gasteiger charge is -2.63. The van der Waals surface area contributed by atoms with Gasteiger partial charge in [-0.3, -0.25) is 19.7 Å². The van der Waals surface area contributed by atoms with Crippen LogP contribution in [0.5, 0.6) is 0 Å². The standard InChI is InChI=1S/C22H29N5O3S/c1-21(2,31(29)30)27-13-22(14-27)11-26(12-22)10-17-9-23-24-20(17)16-4-6-18-15(8-16)5-7-19(28)25(18)3/h4,6,8-9H,5,7,10-14H2,1-3H3,(H,23,24)(H,29,30). The lowest BCUT2D eigenvalue weighted by Crippen LogP contribution is -2.75. The van der Waals surface area contributed by atoms with E-state index in [0.717, 1.165) is 56.1 Å². The Morgan fingerprint density at radius 3 is 2.68 bits per heavy atom. The van der Waals surface area contributed by atoms with Crippen molar-refractivity contribution in [3.63, 3.8) is 0 Å². The van der Waals surface area contributed by atoms with Gasteiger partial charge < -0.3 is 9.45 Å². The molecule has 166 valence electrons. The van der Waals surface area contributed by atoms with E-state index >= 15 is 0 Å². The van der Waals surface area contributed by atoms with Crippen LogP contribution in [0.2, 0.25) is 0 Å². The van der Waals surface area contributed by atoms with Gasteiger partial charge in [-0.05, 0) is 38.0 Å². The number of aromatic nitrogens is 2. The molecular formula is C22H29N5O3S. The monoisotopic (exact) mass is 443 g/mol. The maximum Gasteiger partial charge on any atom is 0.227 e. The molecule has 1 atom stereocenters. The van der Waals surface area contributed by atoms with E-state index in [4.69, 9.17) is 0 Å². The number of nitrogens with zero attached hydrogens (tertiary/aromatic N) is 4. The quantitative estimate of drug-likeness (QED) is 0.688. The number of likely N-dealkylation sites (tertiary alicyclic amines) is 2. The highest BCUT2D eigenvalue weighted by atomic mass is 32.2. The number of rotatable bonds is 5. The lowest BCUT2D eigenvalue weighted by atomic mass is 9.72. The molecule has 2 saturated heterocycles. The molecule has 5 rings (SSSR count). The molecule has 1 aromatic heterocycles. The largest absolute Gasteiger partial charge is 0.315 e. The summed E-state index contributed by atoms with van der Waals surface area (Å²) in [5.41, 5.74) is 5.75. The minimum Gasteiger partial charge on any atom is -0.315 e. The Labute approximate surface area is 184 Å². The number of aromatic amines is 1. The first-order valence-corrected chi connectivity index (χ1v) is 11.8. The van der Waals surface area contributed by atoms with Crippen molar-refractivity contribution in [2.24, 2.45) is 5.41 Å². The van der Waals surface area contributed by atoms with Crippen molar-refractivity contribution in [3.8, 4) is 11.3 Å². The average Bonchev–Trinajstić information content (AvgIpc) is 3.13. The van der Waals surface area contributed by atoms with E-state index in [1.807, 2.05) is 33.2 Å². The van der Waals surface area contributed by atoms with Crippen LogP contribution in [-0.4, -0.2) is 72.8 Å². The molecule has 4 heterocycles. The van der Waals surface area contributed by atoms with Gasteiger partial charge in [-0.1, -0.05) is 6.07 Å². The molecule has 1 spiro atoms. The van der Waals surface area contributed by atoms with E-state index in [-0.39, 0.29) is 11.3 Å². The summed E-state index contributed by atoms with van der Waals surface area (Å²) in [6.45, 7) is 8.24. The number of H-pyrrole nitrogens is 1. The molecule has 2 fully saturated rings. The maximum atomic E-state index is 11.9. The summed E-state index contributed by atoms with van der Waals surface area (Å²) in [5.74, 6) is 0.164. The number of hydrogen-bond donors (Lipinski definition) is 2. The third kappa shape index (κ3) is 3.44. The zero-order valence-electron chi connectivity index (χ0n) is 18.2. The predicted octanol–water partition coefficient (Wildman–Crippen LogP) is 2.06. The zero-order chi connectivity index (χ0) is 22.0. The molecule has 0 radical (unpaired) electrons. The van der Waals surface area contributed by atoms with Gasteiger partial charge in [0.05, 0.1) is 11.9 Å². The zero-order valence-corrected chi connectivity index (χ0v) is 19.0. The summed E-state index contributed by atoms with van der Waals surface area (Å²) in [6, 6.07) is 6.26. The van der Waals surface area contributed by atoms with Crippen molar-refractivity contribution < 1.29 is 13.6 Å². The van der Waals surface area contributed by atoms with Crippen molar-refractivity contribution in [2.45, 2.75) is 38.1 Å². The van der Waals surface area contributed by atoms with Gasteiger partial charge in [0.25, 0.3) is 0 Å². The summed E-state index contributed by atoms with van der Waals surface area (Å²) < 4.78 is 21.1. The van der Waals surface area contributed by atoms with Gasteiger partial charge in [-0.25, -0.2) is 4.21 Å². The molecule has 3 aliphatic heterocycles. The fourth-order valence-electron chi connectivity index (χ4n) is 5.20. The SMILES string of the molecule is CN1C(=O)CCc2cc(-c3[nH]ncc3CN3CC4(C3)CN(C(C)(C)S(=O)O)C4)ccc21. The van der Waals surface area contributed by atoms with Crippen LogP contribution in [0, 0.1) is 5.41 Å². The molecule has 0 aliphatic carbocycles. The molecule has 9 heteroatoms. The highest BCUT2D eigenvalue weighted by Crippen LogP contribution is 2.44. The normalized spacial score (nSPS) is 22.2. The molecule has 0 saturated carbocycles. The number of aryl methyl sites for hydroxylation is 1. The average molecular weight is 444 g/mol. The number of carbonyl (C=O) groups is 1. The Morgan fingerprint density at radius 1 is 1.23 bits per heavy atom. The lowest BCUT2D eigenvalue weighted by molar-refractivity contribution is -0.135. The van der Waals surface area contributed by atoms with Crippen LogP contribution in [-0.2, 0) is 28.8 Å².